The van der Waals surface area contributed by atoms with E-state index in [0.717, 1.165) is 23.2 Å². The molecule has 1 aromatic carbocycles. The number of allylic oxidation sites excluding steroid dienone is 3. The summed E-state index contributed by atoms with van der Waals surface area (Å²) in [6.07, 6.45) is 12.6. The highest BCUT2D eigenvalue weighted by atomic mass is 14.7. The maximum absolute atomic E-state index is 2.47. The monoisotopic (exact) mass is 208 g/mol. The Labute approximate surface area is 96.7 Å². The fraction of sp³-hybridized carbons (Fsp3) is 0.375. The van der Waals surface area contributed by atoms with E-state index in [1.807, 2.05) is 0 Å². The lowest BCUT2D eigenvalue weighted by Gasteiger charge is -2.41. The standard InChI is InChI=1S/C16H16/c1-2-4-12(5-3-1)6-7-13-10-16-11-14(16)8-9-15(13)16/h1-9,13-15H,10-11H2/b7-6+. The summed E-state index contributed by atoms with van der Waals surface area (Å²) in [7, 11) is 0. The highest BCUT2D eigenvalue weighted by Crippen LogP contribution is 2.75. The van der Waals surface area contributed by atoms with E-state index in [0.29, 0.717) is 0 Å². The summed E-state index contributed by atoms with van der Waals surface area (Å²) < 4.78 is 0. The van der Waals surface area contributed by atoms with Gasteiger partial charge in [-0.1, -0.05) is 54.6 Å². The van der Waals surface area contributed by atoms with Crippen LogP contribution in [0, 0.1) is 23.2 Å². The molecule has 1 spiro atoms. The Kier molecular flexibility index (Phi) is 1.59. The molecule has 16 heavy (non-hydrogen) atoms. The maximum Gasteiger partial charge on any atom is -0.0107 e. The first-order valence-corrected chi connectivity index (χ1v) is 6.30. The van der Waals surface area contributed by atoms with Crippen molar-refractivity contribution in [1.82, 2.24) is 0 Å². The van der Waals surface area contributed by atoms with Gasteiger partial charge in [-0.3, -0.25) is 0 Å². The Hall–Kier alpha value is -1.30. The molecule has 0 nitrogen and oxygen atoms in total. The molecule has 3 aliphatic carbocycles. The SMILES string of the molecule is C1=CC2C(/C=C/c3ccccc3)CC23CC13. The molecule has 4 unspecified atom stereocenters. The van der Waals surface area contributed by atoms with Gasteiger partial charge in [-0.25, -0.2) is 0 Å². The van der Waals surface area contributed by atoms with Crippen LogP contribution < -0.4 is 0 Å². The Morgan fingerprint density at radius 2 is 1.94 bits per heavy atom. The minimum absolute atomic E-state index is 0.756. The molecule has 0 aromatic heterocycles. The third-order valence-corrected chi connectivity index (χ3v) is 4.81. The largest absolute Gasteiger partial charge is 0.0845 e. The Bertz CT molecular complexity index is 468. The van der Waals surface area contributed by atoms with Crippen molar-refractivity contribution < 1.29 is 0 Å². The molecule has 4 rings (SSSR count). The van der Waals surface area contributed by atoms with E-state index < -0.39 is 0 Å². The van der Waals surface area contributed by atoms with Crippen LogP contribution in [0.25, 0.3) is 6.08 Å². The number of hydrogen-bond donors (Lipinski definition) is 0. The fourth-order valence-corrected chi connectivity index (χ4v) is 3.77. The lowest BCUT2D eigenvalue weighted by molar-refractivity contribution is 0.129. The highest BCUT2D eigenvalue weighted by molar-refractivity contribution is 5.50. The van der Waals surface area contributed by atoms with Crippen LogP contribution in [-0.4, -0.2) is 0 Å². The molecule has 0 saturated heterocycles. The predicted octanol–water partition coefficient (Wildman–Crippen LogP) is 3.91. The first-order chi connectivity index (χ1) is 7.88. The molecule has 0 amide bonds. The summed E-state index contributed by atoms with van der Waals surface area (Å²) in [5.74, 6) is 2.64. The molecule has 4 atom stereocenters. The van der Waals surface area contributed by atoms with Crippen molar-refractivity contribution in [2.24, 2.45) is 23.2 Å². The van der Waals surface area contributed by atoms with Crippen LogP contribution in [0.1, 0.15) is 18.4 Å². The molecule has 0 heteroatoms. The molecular weight excluding hydrogens is 192 g/mol. The van der Waals surface area contributed by atoms with Crippen molar-refractivity contribution in [2.45, 2.75) is 12.8 Å². The molecule has 0 radical (unpaired) electrons. The van der Waals surface area contributed by atoms with Gasteiger partial charge in [0, 0.05) is 0 Å². The lowest BCUT2D eigenvalue weighted by Crippen LogP contribution is -2.35. The van der Waals surface area contributed by atoms with Crippen molar-refractivity contribution >= 4 is 6.08 Å². The van der Waals surface area contributed by atoms with Crippen molar-refractivity contribution in [3.05, 3.63) is 54.1 Å². The first kappa shape index (κ1) is 8.81. The van der Waals surface area contributed by atoms with Crippen LogP contribution in [0.4, 0.5) is 0 Å². The second-order valence-electron chi connectivity index (χ2n) is 5.59. The summed E-state index contributed by atoms with van der Waals surface area (Å²) >= 11 is 0. The zero-order valence-electron chi connectivity index (χ0n) is 9.34. The van der Waals surface area contributed by atoms with E-state index in [9.17, 15) is 0 Å². The van der Waals surface area contributed by atoms with E-state index in [2.05, 4.69) is 54.6 Å². The second-order valence-corrected chi connectivity index (χ2v) is 5.59. The van der Waals surface area contributed by atoms with Crippen molar-refractivity contribution in [3.8, 4) is 0 Å². The van der Waals surface area contributed by atoms with Crippen LogP contribution >= 0.6 is 0 Å². The van der Waals surface area contributed by atoms with Gasteiger partial charge in [0.1, 0.15) is 0 Å². The van der Waals surface area contributed by atoms with Gasteiger partial charge in [0.15, 0.2) is 0 Å². The van der Waals surface area contributed by atoms with Crippen LogP contribution in [-0.2, 0) is 0 Å². The Morgan fingerprint density at radius 1 is 1.06 bits per heavy atom. The van der Waals surface area contributed by atoms with Gasteiger partial charge in [-0.2, -0.15) is 0 Å². The predicted molar refractivity (Wildman–Crippen MR) is 66.8 cm³/mol. The molecule has 0 heterocycles. The van der Waals surface area contributed by atoms with Gasteiger partial charge in [0.05, 0.1) is 0 Å². The van der Waals surface area contributed by atoms with E-state index in [-0.39, 0.29) is 0 Å². The fourth-order valence-electron chi connectivity index (χ4n) is 3.77. The minimum Gasteiger partial charge on any atom is -0.0845 e. The van der Waals surface area contributed by atoms with Gasteiger partial charge in [-0.15, -0.1) is 0 Å². The molecular formula is C16H16. The van der Waals surface area contributed by atoms with Crippen LogP contribution in [0.5, 0.6) is 0 Å². The van der Waals surface area contributed by atoms with E-state index in [1.165, 1.54) is 18.4 Å². The zero-order chi connectivity index (χ0) is 10.6. The molecule has 0 bridgehead atoms. The van der Waals surface area contributed by atoms with Gasteiger partial charge in [0.25, 0.3) is 0 Å². The molecule has 1 aromatic rings. The van der Waals surface area contributed by atoms with Crippen molar-refractivity contribution in [3.63, 3.8) is 0 Å². The summed E-state index contributed by atoms with van der Waals surface area (Å²) in [4.78, 5) is 0. The normalized spacial score (nSPS) is 42.9. The van der Waals surface area contributed by atoms with Gasteiger partial charge >= 0.3 is 0 Å². The Balaban J connectivity index is 1.50. The average molecular weight is 208 g/mol. The second kappa shape index (κ2) is 2.88. The molecule has 0 N–H and O–H groups in total. The number of rotatable bonds is 2. The molecule has 80 valence electrons. The van der Waals surface area contributed by atoms with Crippen molar-refractivity contribution in [2.75, 3.05) is 0 Å². The molecule has 2 saturated carbocycles. The highest BCUT2D eigenvalue weighted by Gasteiger charge is 2.67. The number of benzene rings is 1. The van der Waals surface area contributed by atoms with Crippen LogP contribution in [0.3, 0.4) is 0 Å². The number of hydrogen-bond acceptors (Lipinski definition) is 0. The maximum atomic E-state index is 2.47. The van der Waals surface area contributed by atoms with Crippen LogP contribution in [0.15, 0.2) is 48.6 Å². The average Bonchev–Trinajstić information content (AvgIpc) is 2.96. The zero-order valence-corrected chi connectivity index (χ0v) is 9.34. The molecule has 2 fully saturated rings. The van der Waals surface area contributed by atoms with E-state index in [1.54, 1.807) is 0 Å². The van der Waals surface area contributed by atoms with Gasteiger partial charge < -0.3 is 0 Å². The van der Waals surface area contributed by atoms with E-state index >= 15 is 0 Å². The smallest absolute Gasteiger partial charge is 0.0107 e. The van der Waals surface area contributed by atoms with Crippen molar-refractivity contribution in [1.29, 1.82) is 0 Å². The third-order valence-electron chi connectivity index (χ3n) is 4.81. The Morgan fingerprint density at radius 3 is 2.69 bits per heavy atom. The van der Waals surface area contributed by atoms with Crippen LogP contribution in [0.2, 0.25) is 0 Å². The summed E-state index contributed by atoms with van der Waals surface area (Å²) in [6, 6.07) is 10.6. The van der Waals surface area contributed by atoms with Gasteiger partial charge in [0.2, 0.25) is 0 Å². The lowest BCUT2D eigenvalue weighted by atomic mass is 9.62. The minimum atomic E-state index is 0.756. The van der Waals surface area contributed by atoms with E-state index in [4.69, 9.17) is 0 Å². The summed E-state index contributed by atoms with van der Waals surface area (Å²) in [6.45, 7) is 0. The topological polar surface area (TPSA) is 0 Å². The first-order valence-electron chi connectivity index (χ1n) is 6.30. The van der Waals surface area contributed by atoms with Gasteiger partial charge in [-0.05, 0) is 41.6 Å². The summed E-state index contributed by atoms with van der Waals surface area (Å²) in [5.41, 5.74) is 2.09. The molecule has 3 aliphatic rings. The quantitative estimate of drug-likeness (QED) is 0.646. The summed E-state index contributed by atoms with van der Waals surface area (Å²) in [5, 5.41) is 0. The third kappa shape index (κ3) is 1.05. The molecule has 0 aliphatic heterocycles.